The van der Waals surface area contributed by atoms with Crippen LogP contribution in [0.4, 0.5) is 5.82 Å². The number of hydrogen-bond acceptors (Lipinski definition) is 4. The summed E-state index contributed by atoms with van der Waals surface area (Å²) in [5, 5.41) is 9.49. The lowest BCUT2D eigenvalue weighted by atomic mass is 9.74. The van der Waals surface area contributed by atoms with Crippen LogP contribution >= 0.6 is 34.5 Å². The second-order valence-corrected chi connectivity index (χ2v) is 10.3. The number of H-pyrrole nitrogens is 1. The molecule has 0 spiro atoms. The molecule has 1 aliphatic heterocycles. The molecule has 2 N–H and O–H groups in total. The average Bonchev–Trinajstić information content (AvgIpc) is 3.49. The van der Waals surface area contributed by atoms with E-state index in [1.54, 1.807) is 23.5 Å². The van der Waals surface area contributed by atoms with Crippen LogP contribution in [-0.2, 0) is 4.79 Å². The summed E-state index contributed by atoms with van der Waals surface area (Å²) in [4.78, 5) is 28.5. The van der Waals surface area contributed by atoms with Crippen LogP contribution in [0.5, 0.6) is 0 Å². The van der Waals surface area contributed by atoms with E-state index in [0.717, 1.165) is 16.9 Å². The Morgan fingerprint density at radius 2 is 1.76 bits per heavy atom. The van der Waals surface area contributed by atoms with E-state index in [9.17, 15) is 9.59 Å². The smallest absolute Gasteiger partial charge is 0.277 e. The fourth-order valence-electron chi connectivity index (χ4n) is 5.00. The number of rotatable bonds is 3. The highest BCUT2D eigenvalue weighted by molar-refractivity contribution is 7.10. The van der Waals surface area contributed by atoms with Crippen molar-refractivity contribution in [2.45, 2.75) is 24.7 Å². The van der Waals surface area contributed by atoms with E-state index in [1.165, 1.54) is 9.56 Å². The molecule has 34 heavy (non-hydrogen) atoms. The maximum Gasteiger partial charge on any atom is 0.277 e. The Labute approximate surface area is 209 Å². The summed E-state index contributed by atoms with van der Waals surface area (Å²) in [6, 6.07) is 18.8. The molecule has 5 nitrogen and oxygen atoms in total. The number of hydrogen-bond donors (Lipinski definition) is 2. The van der Waals surface area contributed by atoms with Crippen molar-refractivity contribution in [3.05, 3.63) is 114 Å². The highest BCUT2D eigenvalue weighted by atomic mass is 35.5. The molecule has 0 fully saturated rings. The van der Waals surface area contributed by atoms with Crippen LogP contribution in [0.2, 0.25) is 10.0 Å². The standard InChI is InChI=1S/C26H19Cl2N3O2S/c27-17-9-8-14(11-18(17)28)22-23-19(12-15(13-20(23)32)21-7-4-10-34-21)29-25-24(22)26(33)31(30-25)16-5-2-1-3-6-16/h1-11,15,22,29-30H,12-13H2. The van der Waals surface area contributed by atoms with Gasteiger partial charge in [-0.1, -0.05) is 53.5 Å². The molecule has 2 atom stereocenters. The van der Waals surface area contributed by atoms with E-state index >= 15 is 0 Å². The molecular formula is C26H19Cl2N3O2S. The quantitative estimate of drug-likeness (QED) is 0.332. The lowest BCUT2D eigenvalue weighted by molar-refractivity contribution is -0.116. The topological polar surface area (TPSA) is 66.9 Å². The van der Waals surface area contributed by atoms with Crippen molar-refractivity contribution in [2.75, 3.05) is 5.32 Å². The number of fused-ring (bicyclic) bond motifs is 1. The third-order valence-electron chi connectivity index (χ3n) is 6.52. The molecule has 4 aromatic rings. The normalized spacial score (nSPS) is 19.5. The zero-order chi connectivity index (χ0) is 23.4. The molecule has 0 saturated heterocycles. The third-order valence-corrected chi connectivity index (χ3v) is 8.30. The van der Waals surface area contributed by atoms with Gasteiger partial charge < -0.3 is 5.32 Å². The molecule has 2 aromatic carbocycles. The van der Waals surface area contributed by atoms with Gasteiger partial charge in [0, 0.05) is 34.4 Å². The van der Waals surface area contributed by atoms with Crippen molar-refractivity contribution in [2.24, 2.45) is 0 Å². The van der Waals surface area contributed by atoms with Gasteiger partial charge in [-0.15, -0.1) is 11.3 Å². The number of anilines is 1. The fraction of sp³-hybridized carbons (Fsp3) is 0.154. The number of Topliss-reactive ketones (excluding diaryl/α,β-unsaturated/α-hetero) is 1. The molecule has 2 unspecified atom stereocenters. The first-order valence-electron chi connectivity index (χ1n) is 10.9. The minimum Gasteiger partial charge on any atom is -0.343 e. The number of nitrogens with zero attached hydrogens (tertiary/aromatic N) is 1. The number of ketones is 1. The van der Waals surface area contributed by atoms with Gasteiger partial charge in [0.05, 0.1) is 21.3 Å². The molecule has 8 heteroatoms. The van der Waals surface area contributed by atoms with Crippen molar-refractivity contribution in [1.82, 2.24) is 9.78 Å². The summed E-state index contributed by atoms with van der Waals surface area (Å²) in [6.07, 6.45) is 1.10. The number of para-hydroxylation sites is 1. The lowest BCUT2D eigenvalue weighted by Crippen LogP contribution is -2.31. The number of aromatic amines is 1. The minimum atomic E-state index is -0.536. The van der Waals surface area contributed by atoms with Crippen molar-refractivity contribution < 1.29 is 4.79 Å². The van der Waals surface area contributed by atoms with Crippen molar-refractivity contribution in [3.8, 4) is 5.69 Å². The highest BCUT2D eigenvalue weighted by Crippen LogP contribution is 2.47. The molecule has 170 valence electrons. The van der Waals surface area contributed by atoms with E-state index in [4.69, 9.17) is 23.2 Å². The minimum absolute atomic E-state index is 0.0423. The molecule has 0 saturated carbocycles. The van der Waals surface area contributed by atoms with E-state index < -0.39 is 5.92 Å². The zero-order valence-electron chi connectivity index (χ0n) is 17.8. The van der Waals surface area contributed by atoms with Crippen LogP contribution in [0, 0.1) is 0 Å². The number of carbonyl (C=O) groups excluding carboxylic acids is 1. The average molecular weight is 508 g/mol. The molecule has 1 aliphatic carbocycles. The van der Waals surface area contributed by atoms with E-state index in [0.29, 0.717) is 39.8 Å². The number of allylic oxidation sites excluding steroid dienone is 2. The third kappa shape index (κ3) is 3.45. The maximum absolute atomic E-state index is 13.7. The van der Waals surface area contributed by atoms with Gasteiger partial charge in [-0.2, -0.15) is 0 Å². The first kappa shape index (κ1) is 21.5. The molecule has 0 bridgehead atoms. The second kappa shape index (κ2) is 8.31. The molecule has 0 amide bonds. The summed E-state index contributed by atoms with van der Waals surface area (Å²) in [7, 11) is 0. The highest BCUT2D eigenvalue weighted by Gasteiger charge is 2.41. The summed E-state index contributed by atoms with van der Waals surface area (Å²) in [6.45, 7) is 0. The molecule has 6 rings (SSSR count). The van der Waals surface area contributed by atoms with Gasteiger partial charge in [0.1, 0.15) is 5.82 Å². The van der Waals surface area contributed by atoms with Crippen LogP contribution in [-0.4, -0.2) is 15.6 Å². The van der Waals surface area contributed by atoms with Crippen molar-refractivity contribution in [3.63, 3.8) is 0 Å². The predicted octanol–water partition coefficient (Wildman–Crippen LogP) is 6.49. The number of nitrogens with one attached hydrogen (secondary N) is 2. The van der Waals surface area contributed by atoms with Crippen LogP contribution in [0.25, 0.3) is 5.69 Å². The number of halogens is 2. The fourth-order valence-corrected chi connectivity index (χ4v) is 6.14. The first-order valence-corrected chi connectivity index (χ1v) is 12.6. The molecular weight excluding hydrogens is 489 g/mol. The molecule has 2 aromatic heterocycles. The van der Waals surface area contributed by atoms with E-state index in [-0.39, 0.29) is 17.3 Å². The summed E-state index contributed by atoms with van der Waals surface area (Å²) < 4.78 is 1.52. The Morgan fingerprint density at radius 1 is 0.941 bits per heavy atom. The van der Waals surface area contributed by atoms with Gasteiger partial charge in [-0.25, -0.2) is 4.68 Å². The molecule has 3 heterocycles. The van der Waals surface area contributed by atoms with E-state index in [1.807, 2.05) is 47.8 Å². The van der Waals surface area contributed by atoms with Crippen LogP contribution < -0.4 is 10.9 Å². The van der Waals surface area contributed by atoms with E-state index in [2.05, 4.69) is 16.5 Å². The Morgan fingerprint density at radius 3 is 2.50 bits per heavy atom. The Bertz CT molecular complexity index is 1500. The zero-order valence-corrected chi connectivity index (χ0v) is 20.2. The van der Waals surface area contributed by atoms with Gasteiger partial charge in [-0.05, 0) is 47.7 Å². The first-order chi connectivity index (χ1) is 16.5. The Kier molecular flexibility index (Phi) is 5.25. The summed E-state index contributed by atoms with van der Waals surface area (Å²) >= 11 is 14.2. The Hall–Kier alpha value is -3.06. The van der Waals surface area contributed by atoms with Crippen molar-refractivity contribution >= 4 is 46.1 Å². The number of benzene rings is 2. The monoisotopic (exact) mass is 507 g/mol. The SMILES string of the molecule is O=C1CC(c2cccs2)CC2=C1C(c1ccc(Cl)c(Cl)c1)c1c([nH]n(-c3ccccc3)c1=O)N2. The number of thiophene rings is 1. The largest absolute Gasteiger partial charge is 0.343 e. The van der Waals surface area contributed by atoms with Gasteiger partial charge in [0.2, 0.25) is 0 Å². The second-order valence-electron chi connectivity index (χ2n) is 8.54. The summed E-state index contributed by atoms with van der Waals surface area (Å²) in [5.74, 6) is 0.216. The van der Waals surface area contributed by atoms with Gasteiger partial charge in [0.15, 0.2) is 5.78 Å². The van der Waals surface area contributed by atoms with Crippen LogP contribution in [0.15, 0.2) is 82.1 Å². The maximum atomic E-state index is 13.7. The molecule has 2 aliphatic rings. The van der Waals surface area contributed by atoms with Gasteiger partial charge in [-0.3, -0.25) is 14.7 Å². The van der Waals surface area contributed by atoms with Gasteiger partial charge in [0.25, 0.3) is 5.56 Å². The molecule has 0 radical (unpaired) electrons. The lowest BCUT2D eigenvalue weighted by Gasteiger charge is -2.34. The number of aromatic nitrogens is 2. The summed E-state index contributed by atoms with van der Waals surface area (Å²) in [5.41, 5.74) is 3.27. The Balaban J connectivity index is 1.54. The number of carbonyl (C=O) groups is 1. The van der Waals surface area contributed by atoms with Crippen molar-refractivity contribution in [1.29, 1.82) is 0 Å². The van der Waals surface area contributed by atoms with Crippen LogP contribution in [0.1, 0.15) is 40.7 Å². The van der Waals surface area contributed by atoms with Crippen LogP contribution in [0.3, 0.4) is 0 Å². The van der Waals surface area contributed by atoms with Gasteiger partial charge >= 0.3 is 0 Å². The predicted molar refractivity (Wildman–Crippen MR) is 137 cm³/mol.